The number of amides is 2. The fourth-order valence-electron chi connectivity index (χ4n) is 4.77. The Labute approximate surface area is 170 Å². The lowest BCUT2D eigenvalue weighted by molar-refractivity contribution is 0.0217. The van der Waals surface area contributed by atoms with Crippen LogP contribution < -0.4 is 5.32 Å². The van der Waals surface area contributed by atoms with Gasteiger partial charge in [-0.1, -0.05) is 38.0 Å². The van der Waals surface area contributed by atoms with Crippen molar-refractivity contribution in [2.24, 2.45) is 11.8 Å². The van der Waals surface area contributed by atoms with Gasteiger partial charge in [-0.3, -0.25) is 9.59 Å². The normalized spacial score (nSPS) is 24.5. The van der Waals surface area contributed by atoms with Crippen LogP contribution in [0.3, 0.4) is 0 Å². The Hall–Kier alpha value is -2.14. The number of fused-ring (bicyclic) bond motifs is 1. The molecule has 5 heteroatoms. The summed E-state index contributed by atoms with van der Waals surface area (Å²) in [6.07, 6.45) is 6.06. The molecule has 2 amide bonds. The van der Waals surface area contributed by atoms with Gasteiger partial charge in [0.25, 0.3) is 11.8 Å². The molecule has 1 saturated carbocycles. The Morgan fingerprint density at radius 1 is 1.11 bits per heavy atom. The summed E-state index contributed by atoms with van der Waals surface area (Å²) in [5, 5.41) is 4.83. The highest BCUT2D eigenvalue weighted by Crippen LogP contribution is 2.39. The lowest BCUT2D eigenvalue weighted by atomic mass is 9.72. The number of benzene rings is 1. The first-order valence-corrected chi connectivity index (χ1v) is 11.2. The number of rotatable bonds is 4. The molecular weight excluding hydrogens is 368 g/mol. The smallest absolute Gasteiger partial charge is 0.261 e. The number of nitrogens with zero attached hydrogens (tertiary/aromatic N) is 1. The van der Waals surface area contributed by atoms with E-state index in [4.69, 9.17) is 0 Å². The lowest BCUT2D eigenvalue weighted by Crippen LogP contribution is -2.52. The van der Waals surface area contributed by atoms with E-state index in [9.17, 15) is 9.59 Å². The lowest BCUT2D eigenvalue weighted by Gasteiger charge is -2.47. The third-order valence-electron chi connectivity index (χ3n) is 6.40. The van der Waals surface area contributed by atoms with Gasteiger partial charge < -0.3 is 10.2 Å². The number of nitrogens with one attached hydrogen (secondary N) is 1. The Bertz CT molecular complexity index is 816. The van der Waals surface area contributed by atoms with Crippen molar-refractivity contribution in [2.75, 3.05) is 6.54 Å². The first kappa shape index (κ1) is 19.2. The maximum absolute atomic E-state index is 13.2. The molecule has 2 aliphatic rings. The summed E-state index contributed by atoms with van der Waals surface area (Å²) in [5.74, 6) is 1.50. The van der Waals surface area contributed by atoms with Crippen molar-refractivity contribution in [3.8, 4) is 0 Å². The van der Waals surface area contributed by atoms with Gasteiger partial charge in [-0.15, -0.1) is 11.3 Å². The minimum atomic E-state index is -0.0547. The molecule has 0 bridgehead atoms. The fraction of sp³-hybridized carbons (Fsp3) is 0.478. The van der Waals surface area contributed by atoms with E-state index >= 15 is 0 Å². The summed E-state index contributed by atoms with van der Waals surface area (Å²) in [6, 6.07) is 11.8. The molecule has 3 atom stereocenters. The van der Waals surface area contributed by atoms with Gasteiger partial charge in [-0.05, 0) is 60.2 Å². The van der Waals surface area contributed by atoms with Gasteiger partial charge in [0.1, 0.15) is 0 Å². The Kier molecular flexibility index (Phi) is 5.81. The van der Waals surface area contributed by atoms with E-state index in [1.54, 1.807) is 0 Å². The number of carbonyl (C=O) groups excluding carboxylic acids is 2. The van der Waals surface area contributed by atoms with Gasteiger partial charge in [0.05, 0.1) is 4.88 Å². The number of piperidine rings is 1. The molecule has 2 heterocycles. The van der Waals surface area contributed by atoms with Crippen molar-refractivity contribution in [1.82, 2.24) is 10.2 Å². The molecule has 1 aliphatic heterocycles. The highest BCUT2D eigenvalue weighted by Gasteiger charge is 2.39. The molecule has 0 radical (unpaired) electrons. The van der Waals surface area contributed by atoms with Crippen LogP contribution >= 0.6 is 11.3 Å². The molecule has 0 unspecified atom stereocenters. The van der Waals surface area contributed by atoms with Crippen LogP contribution in [0.2, 0.25) is 0 Å². The van der Waals surface area contributed by atoms with Gasteiger partial charge in [0.2, 0.25) is 0 Å². The number of carbonyl (C=O) groups is 2. The molecule has 1 aromatic heterocycles. The van der Waals surface area contributed by atoms with Crippen LogP contribution in [-0.4, -0.2) is 29.3 Å². The van der Waals surface area contributed by atoms with E-state index in [1.807, 2.05) is 41.8 Å². The van der Waals surface area contributed by atoms with E-state index in [-0.39, 0.29) is 11.8 Å². The number of thiophene rings is 1. The van der Waals surface area contributed by atoms with Crippen molar-refractivity contribution in [1.29, 1.82) is 0 Å². The highest BCUT2D eigenvalue weighted by molar-refractivity contribution is 7.12. The third-order valence-corrected chi connectivity index (χ3v) is 7.27. The predicted octanol–water partition coefficient (Wildman–Crippen LogP) is 4.72. The predicted molar refractivity (Wildman–Crippen MR) is 112 cm³/mol. The number of hydrogen-bond acceptors (Lipinski definition) is 3. The minimum absolute atomic E-state index is 0.0547. The molecule has 28 heavy (non-hydrogen) atoms. The Morgan fingerprint density at radius 3 is 2.64 bits per heavy atom. The van der Waals surface area contributed by atoms with Crippen LogP contribution in [0.1, 0.15) is 64.6 Å². The summed E-state index contributed by atoms with van der Waals surface area (Å²) in [6.45, 7) is 3.70. The third kappa shape index (κ3) is 4.00. The highest BCUT2D eigenvalue weighted by atomic mass is 32.1. The first-order chi connectivity index (χ1) is 13.6. The molecule has 2 fully saturated rings. The quantitative estimate of drug-likeness (QED) is 0.813. The second-order valence-electron chi connectivity index (χ2n) is 8.14. The second kappa shape index (κ2) is 8.48. The number of likely N-dealkylation sites (tertiary alicyclic amines) is 1. The van der Waals surface area contributed by atoms with E-state index < -0.39 is 0 Å². The monoisotopic (exact) mass is 396 g/mol. The SMILES string of the molecule is C[C@H]1CCN(C(=O)c2ccc(CNC(=O)c3cccs3)cc2)[C@@H]2CCCC[C@H]21. The molecule has 0 spiro atoms. The molecule has 148 valence electrons. The first-order valence-electron chi connectivity index (χ1n) is 10.3. The van der Waals surface area contributed by atoms with Crippen LogP contribution in [-0.2, 0) is 6.54 Å². The van der Waals surface area contributed by atoms with Crippen molar-refractivity contribution in [3.63, 3.8) is 0 Å². The van der Waals surface area contributed by atoms with Gasteiger partial charge in [0, 0.05) is 24.7 Å². The van der Waals surface area contributed by atoms with E-state index in [2.05, 4.69) is 17.1 Å². The van der Waals surface area contributed by atoms with Crippen molar-refractivity contribution in [2.45, 2.75) is 51.6 Å². The van der Waals surface area contributed by atoms with Gasteiger partial charge in [-0.25, -0.2) is 0 Å². The summed E-state index contributed by atoms with van der Waals surface area (Å²) < 4.78 is 0. The molecule has 1 aliphatic carbocycles. The van der Waals surface area contributed by atoms with Crippen LogP contribution in [0, 0.1) is 11.8 Å². The minimum Gasteiger partial charge on any atom is -0.347 e. The molecule has 1 aromatic carbocycles. The maximum atomic E-state index is 13.2. The van der Waals surface area contributed by atoms with Crippen LogP contribution in [0.15, 0.2) is 41.8 Å². The molecule has 1 N–H and O–H groups in total. The molecule has 2 aromatic rings. The fourth-order valence-corrected chi connectivity index (χ4v) is 5.41. The van der Waals surface area contributed by atoms with E-state index in [1.165, 1.54) is 30.6 Å². The molecule has 4 rings (SSSR count). The van der Waals surface area contributed by atoms with Crippen molar-refractivity contribution in [3.05, 3.63) is 57.8 Å². The zero-order chi connectivity index (χ0) is 19.5. The van der Waals surface area contributed by atoms with Crippen molar-refractivity contribution >= 4 is 23.2 Å². The van der Waals surface area contributed by atoms with Gasteiger partial charge >= 0.3 is 0 Å². The summed E-state index contributed by atoms with van der Waals surface area (Å²) in [7, 11) is 0. The standard InChI is InChI=1S/C23H28N2O2S/c1-16-12-13-25(20-6-3-2-5-19(16)20)23(27)18-10-8-17(9-11-18)15-24-22(26)21-7-4-14-28-21/h4,7-11,14,16,19-20H,2-3,5-6,12-13,15H2,1H3,(H,24,26)/t16-,19-,20+/m0/s1. The average molecular weight is 397 g/mol. The molecular formula is C23H28N2O2S. The van der Waals surface area contributed by atoms with Crippen LogP contribution in [0.25, 0.3) is 0 Å². The van der Waals surface area contributed by atoms with Gasteiger partial charge in [-0.2, -0.15) is 0 Å². The zero-order valence-corrected chi connectivity index (χ0v) is 17.2. The van der Waals surface area contributed by atoms with Gasteiger partial charge in [0.15, 0.2) is 0 Å². The molecule has 4 nitrogen and oxygen atoms in total. The van der Waals surface area contributed by atoms with E-state index in [0.717, 1.165) is 36.4 Å². The number of hydrogen-bond donors (Lipinski definition) is 1. The van der Waals surface area contributed by atoms with Crippen molar-refractivity contribution < 1.29 is 9.59 Å². The van der Waals surface area contributed by atoms with E-state index in [0.29, 0.717) is 23.4 Å². The molecule has 1 saturated heterocycles. The van der Waals surface area contributed by atoms with Crippen LogP contribution in [0.4, 0.5) is 0 Å². The Morgan fingerprint density at radius 2 is 1.89 bits per heavy atom. The second-order valence-corrected chi connectivity index (χ2v) is 9.08. The summed E-state index contributed by atoms with van der Waals surface area (Å²) in [5.41, 5.74) is 1.76. The Balaban J connectivity index is 1.39. The van der Waals surface area contributed by atoms with Crippen LogP contribution in [0.5, 0.6) is 0 Å². The summed E-state index contributed by atoms with van der Waals surface area (Å²) >= 11 is 1.44. The summed E-state index contributed by atoms with van der Waals surface area (Å²) in [4.78, 5) is 28.1. The largest absolute Gasteiger partial charge is 0.347 e. The maximum Gasteiger partial charge on any atom is 0.261 e. The zero-order valence-electron chi connectivity index (χ0n) is 16.4. The average Bonchev–Trinajstić information content (AvgIpc) is 3.27. The topological polar surface area (TPSA) is 49.4 Å².